The number of sulfonamides is 1. The molecule has 0 bridgehead atoms. The maximum absolute atomic E-state index is 11.6. The number of aryl methyl sites for hydroxylation is 1. The summed E-state index contributed by atoms with van der Waals surface area (Å²) in [6.45, 7) is 4.50. The molecular formula is C13H25N5O2S. The quantitative estimate of drug-likeness (QED) is 0.812. The van der Waals surface area contributed by atoms with Gasteiger partial charge in [0, 0.05) is 51.0 Å². The number of nitrogens with two attached hydrogens (primary N) is 1. The minimum Gasteiger partial charge on any atom is -0.326 e. The van der Waals surface area contributed by atoms with Crippen LogP contribution in [0.4, 0.5) is 0 Å². The van der Waals surface area contributed by atoms with E-state index in [0.29, 0.717) is 26.2 Å². The van der Waals surface area contributed by atoms with Crippen LogP contribution >= 0.6 is 0 Å². The second-order valence-electron chi connectivity index (χ2n) is 5.66. The van der Waals surface area contributed by atoms with Crippen molar-refractivity contribution in [2.45, 2.75) is 25.4 Å². The summed E-state index contributed by atoms with van der Waals surface area (Å²) < 4.78 is 26.5. The van der Waals surface area contributed by atoms with E-state index in [2.05, 4.69) is 16.9 Å². The van der Waals surface area contributed by atoms with Crippen LogP contribution < -0.4 is 5.73 Å². The van der Waals surface area contributed by atoms with Gasteiger partial charge in [-0.25, -0.2) is 8.42 Å². The van der Waals surface area contributed by atoms with Gasteiger partial charge in [0.1, 0.15) is 0 Å². The van der Waals surface area contributed by atoms with Crippen molar-refractivity contribution in [3.63, 3.8) is 0 Å². The fourth-order valence-electron chi connectivity index (χ4n) is 2.86. The number of nitrogens with zero attached hydrogens (tertiary/aromatic N) is 4. The van der Waals surface area contributed by atoms with E-state index >= 15 is 0 Å². The molecule has 2 N–H and O–H groups in total. The van der Waals surface area contributed by atoms with Gasteiger partial charge in [-0.3, -0.25) is 9.58 Å². The summed E-state index contributed by atoms with van der Waals surface area (Å²) in [5.41, 5.74) is 7.40. The first-order valence-electron chi connectivity index (χ1n) is 7.26. The standard InChI is InChI=1S/C13H25N5O2S/c1-4-12(14)13(11-9-15-16(2)10-11)17-5-7-18(8-6-17)21(3,19)20/h9-10,12-13H,4-8,14H2,1-3H3. The first-order valence-corrected chi connectivity index (χ1v) is 9.11. The van der Waals surface area contributed by atoms with Crippen molar-refractivity contribution in [1.82, 2.24) is 19.0 Å². The van der Waals surface area contributed by atoms with Crippen LogP contribution in [-0.2, 0) is 17.1 Å². The molecule has 2 atom stereocenters. The Balaban J connectivity index is 2.13. The van der Waals surface area contributed by atoms with E-state index in [9.17, 15) is 8.42 Å². The highest BCUT2D eigenvalue weighted by Crippen LogP contribution is 2.26. The fourth-order valence-corrected chi connectivity index (χ4v) is 3.68. The number of aromatic nitrogens is 2. The van der Waals surface area contributed by atoms with Crippen molar-refractivity contribution in [1.29, 1.82) is 0 Å². The molecule has 0 saturated carbocycles. The molecule has 1 aromatic heterocycles. The number of piperazine rings is 1. The van der Waals surface area contributed by atoms with E-state index in [-0.39, 0.29) is 12.1 Å². The summed E-state index contributed by atoms with van der Waals surface area (Å²) >= 11 is 0. The van der Waals surface area contributed by atoms with E-state index in [1.807, 2.05) is 19.4 Å². The van der Waals surface area contributed by atoms with Gasteiger partial charge < -0.3 is 5.73 Å². The first-order chi connectivity index (χ1) is 9.82. The summed E-state index contributed by atoms with van der Waals surface area (Å²) in [6, 6.07) is 0.101. The third-order valence-electron chi connectivity index (χ3n) is 4.08. The molecule has 1 saturated heterocycles. The normalized spacial score (nSPS) is 21.3. The van der Waals surface area contributed by atoms with Crippen LogP contribution in [0.25, 0.3) is 0 Å². The maximum Gasteiger partial charge on any atom is 0.211 e. The van der Waals surface area contributed by atoms with Crippen LogP contribution in [0, 0.1) is 0 Å². The monoisotopic (exact) mass is 315 g/mol. The smallest absolute Gasteiger partial charge is 0.211 e. The topological polar surface area (TPSA) is 84.5 Å². The van der Waals surface area contributed by atoms with E-state index < -0.39 is 10.0 Å². The lowest BCUT2D eigenvalue weighted by Crippen LogP contribution is -2.52. The van der Waals surface area contributed by atoms with Crippen LogP contribution in [0.3, 0.4) is 0 Å². The second-order valence-corrected chi connectivity index (χ2v) is 7.64. The van der Waals surface area contributed by atoms with Crippen LogP contribution in [0.15, 0.2) is 12.4 Å². The Morgan fingerprint density at radius 2 is 1.95 bits per heavy atom. The van der Waals surface area contributed by atoms with Crippen LogP contribution in [0.1, 0.15) is 24.9 Å². The van der Waals surface area contributed by atoms with Gasteiger partial charge in [0.05, 0.1) is 18.5 Å². The van der Waals surface area contributed by atoms with Crippen LogP contribution in [0.2, 0.25) is 0 Å². The Kier molecular flexibility index (Phi) is 5.03. The molecule has 21 heavy (non-hydrogen) atoms. The average molecular weight is 315 g/mol. The molecule has 0 radical (unpaired) electrons. The molecule has 0 spiro atoms. The Morgan fingerprint density at radius 1 is 1.33 bits per heavy atom. The fraction of sp³-hybridized carbons (Fsp3) is 0.769. The van der Waals surface area contributed by atoms with Gasteiger partial charge >= 0.3 is 0 Å². The minimum atomic E-state index is -3.10. The van der Waals surface area contributed by atoms with Crippen molar-refractivity contribution in [3.8, 4) is 0 Å². The summed E-state index contributed by atoms with van der Waals surface area (Å²) in [5, 5.41) is 4.23. The largest absolute Gasteiger partial charge is 0.326 e. The van der Waals surface area contributed by atoms with Gasteiger partial charge in [-0.2, -0.15) is 9.40 Å². The SMILES string of the molecule is CCC(N)C(c1cnn(C)c1)N1CCN(S(C)(=O)=O)CC1. The number of hydrogen-bond donors (Lipinski definition) is 1. The highest BCUT2D eigenvalue weighted by atomic mass is 32.2. The van der Waals surface area contributed by atoms with Crippen molar-refractivity contribution in [2.75, 3.05) is 32.4 Å². The van der Waals surface area contributed by atoms with Crippen molar-refractivity contribution in [2.24, 2.45) is 12.8 Å². The third kappa shape index (κ3) is 3.82. The lowest BCUT2D eigenvalue weighted by molar-refractivity contribution is 0.119. The molecular weight excluding hydrogens is 290 g/mol. The predicted molar refractivity (Wildman–Crippen MR) is 82.2 cm³/mol. The second kappa shape index (κ2) is 6.43. The molecule has 1 aliphatic rings. The number of rotatable bonds is 5. The van der Waals surface area contributed by atoms with Crippen molar-refractivity contribution >= 4 is 10.0 Å². The lowest BCUT2D eigenvalue weighted by Gasteiger charge is -2.40. The molecule has 1 aromatic rings. The summed E-state index contributed by atoms with van der Waals surface area (Å²) in [7, 11) is -1.21. The minimum absolute atomic E-state index is 0.0129. The molecule has 8 heteroatoms. The van der Waals surface area contributed by atoms with E-state index in [0.717, 1.165) is 12.0 Å². The van der Waals surface area contributed by atoms with E-state index in [1.165, 1.54) is 10.6 Å². The summed E-state index contributed by atoms with van der Waals surface area (Å²) in [6.07, 6.45) is 5.97. The van der Waals surface area contributed by atoms with Gasteiger partial charge in [-0.1, -0.05) is 6.92 Å². The Morgan fingerprint density at radius 3 is 2.38 bits per heavy atom. The molecule has 2 rings (SSSR count). The van der Waals surface area contributed by atoms with Crippen LogP contribution in [0.5, 0.6) is 0 Å². The lowest BCUT2D eigenvalue weighted by atomic mass is 9.98. The van der Waals surface area contributed by atoms with Gasteiger partial charge in [0.25, 0.3) is 0 Å². The zero-order valence-electron chi connectivity index (χ0n) is 12.9. The summed E-state index contributed by atoms with van der Waals surface area (Å²) in [4.78, 5) is 2.27. The van der Waals surface area contributed by atoms with Gasteiger partial charge in [-0.15, -0.1) is 0 Å². The highest BCUT2D eigenvalue weighted by Gasteiger charge is 2.31. The van der Waals surface area contributed by atoms with E-state index in [1.54, 1.807) is 4.68 Å². The zero-order valence-corrected chi connectivity index (χ0v) is 13.8. The van der Waals surface area contributed by atoms with Crippen LogP contribution in [-0.4, -0.2) is 65.9 Å². The maximum atomic E-state index is 11.6. The summed E-state index contributed by atoms with van der Waals surface area (Å²) in [5.74, 6) is 0. The molecule has 7 nitrogen and oxygen atoms in total. The van der Waals surface area contributed by atoms with E-state index in [4.69, 9.17) is 5.73 Å². The molecule has 0 aromatic carbocycles. The van der Waals surface area contributed by atoms with Crippen molar-refractivity contribution < 1.29 is 8.42 Å². The molecule has 1 aliphatic heterocycles. The zero-order chi connectivity index (χ0) is 15.6. The number of hydrogen-bond acceptors (Lipinski definition) is 5. The Hall–Kier alpha value is -0.960. The molecule has 0 aliphatic carbocycles. The van der Waals surface area contributed by atoms with Crippen molar-refractivity contribution in [3.05, 3.63) is 18.0 Å². The molecule has 2 unspecified atom stereocenters. The molecule has 0 amide bonds. The molecule has 1 fully saturated rings. The highest BCUT2D eigenvalue weighted by molar-refractivity contribution is 7.88. The molecule has 120 valence electrons. The van der Waals surface area contributed by atoms with Gasteiger partial charge in [-0.05, 0) is 6.42 Å². The Bertz CT molecular complexity index is 563. The van der Waals surface area contributed by atoms with Gasteiger partial charge in [0.2, 0.25) is 10.0 Å². The molecule has 2 heterocycles. The predicted octanol–water partition coefficient (Wildman–Crippen LogP) is -0.224. The van der Waals surface area contributed by atoms with Gasteiger partial charge in [0.15, 0.2) is 0 Å². The Labute approximate surface area is 126 Å². The first kappa shape index (κ1) is 16.4. The third-order valence-corrected chi connectivity index (χ3v) is 5.38. The average Bonchev–Trinajstić information content (AvgIpc) is 2.84.